The summed E-state index contributed by atoms with van der Waals surface area (Å²) in [7, 11) is 5.13. The smallest absolute Gasteiger partial charge is 0.202 e. The molecular formula is C9H9N4O-. The topological polar surface area (TPSA) is 52.8 Å². The minimum atomic E-state index is 0.541. The zero-order valence-corrected chi connectivity index (χ0v) is 7.71. The minimum absolute atomic E-state index is 0.541. The van der Waals surface area contributed by atoms with Crippen LogP contribution < -0.4 is 4.74 Å². The molecule has 5 heteroatoms. The lowest BCUT2D eigenvalue weighted by atomic mass is 10.2. The summed E-state index contributed by atoms with van der Waals surface area (Å²) in [4.78, 5) is 1.18. The van der Waals surface area contributed by atoms with E-state index in [1.165, 1.54) is 4.80 Å². The molecule has 2 rings (SSSR count). The summed E-state index contributed by atoms with van der Waals surface area (Å²) >= 11 is 0. The molecule has 0 fully saturated rings. The normalized spacial score (nSPS) is 10.1. The van der Waals surface area contributed by atoms with Crippen molar-refractivity contribution in [2.24, 2.45) is 0 Å². The van der Waals surface area contributed by atoms with Gasteiger partial charge < -0.3 is 9.53 Å². The number of hydrogen-bond acceptors (Lipinski definition) is 4. The number of methoxy groups -OCH3 is 1. The lowest BCUT2D eigenvalue weighted by Gasteiger charge is -2.00. The van der Waals surface area contributed by atoms with Gasteiger partial charge in [-0.2, -0.15) is 5.10 Å². The van der Waals surface area contributed by atoms with E-state index in [0.717, 1.165) is 11.3 Å². The van der Waals surface area contributed by atoms with Crippen molar-refractivity contribution in [3.63, 3.8) is 0 Å². The van der Waals surface area contributed by atoms with E-state index < -0.39 is 0 Å². The van der Waals surface area contributed by atoms with Crippen LogP contribution in [0.15, 0.2) is 24.3 Å². The Morgan fingerprint density at radius 2 is 2.29 bits per heavy atom. The largest absolute Gasteiger partial charge is 0.497 e. The average Bonchev–Trinajstić information content (AvgIpc) is 2.65. The second-order valence-corrected chi connectivity index (χ2v) is 2.72. The van der Waals surface area contributed by atoms with Crippen LogP contribution in [0.2, 0.25) is 0 Å². The highest BCUT2D eigenvalue weighted by molar-refractivity contribution is 5.56. The van der Waals surface area contributed by atoms with Gasteiger partial charge in [-0.15, -0.1) is 5.10 Å². The van der Waals surface area contributed by atoms with Gasteiger partial charge in [0.25, 0.3) is 0 Å². The summed E-state index contributed by atoms with van der Waals surface area (Å²) in [5.74, 6) is 1.31. The lowest BCUT2D eigenvalue weighted by Crippen LogP contribution is -1.89. The van der Waals surface area contributed by atoms with Gasteiger partial charge in [0.15, 0.2) is 0 Å². The number of ether oxygens (including phenoxy) is 1. The van der Waals surface area contributed by atoms with Gasteiger partial charge in [0, 0.05) is 5.56 Å². The van der Waals surface area contributed by atoms with E-state index >= 15 is 0 Å². The standard InChI is InChI=1S/C9H9N4O/c1-13-11-9(10-12-13)7-4-3-5-8(6-7)14-2/h3-6H,1H2,2H3/q-1. The van der Waals surface area contributed by atoms with Crippen LogP contribution >= 0.6 is 0 Å². The van der Waals surface area contributed by atoms with Gasteiger partial charge >= 0.3 is 0 Å². The fraction of sp³-hybridized carbons (Fsp3) is 0.111. The van der Waals surface area contributed by atoms with Crippen molar-refractivity contribution in [2.45, 2.75) is 0 Å². The predicted octanol–water partition coefficient (Wildman–Crippen LogP) is 0.988. The van der Waals surface area contributed by atoms with Crippen LogP contribution in [0.5, 0.6) is 5.75 Å². The van der Waals surface area contributed by atoms with Crippen LogP contribution in [-0.4, -0.2) is 27.3 Å². The number of aromatic nitrogens is 4. The number of nitrogens with zero attached hydrogens (tertiary/aromatic N) is 4. The highest BCUT2D eigenvalue weighted by Gasteiger charge is 2.03. The molecule has 0 aliphatic rings. The molecule has 0 unspecified atom stereocenters. The molecule has 0 saturated carbocycles. The molecule has 1 aromatic heterocycles. The zero-order chi connectivity index (χ0) is 9.97. The lowest BCUT2D eigenvalue weighted by molar-refractivity contribution is 0.415. The molecule has 0 amide bonds. The Morgan fingerprint density at radius 1 is 1.43 bits per heavy atom. The summed E-state index contributed by atoms with van der Waals surface area (Å²) in [6.45, 7) is 0. The van der Waals surface area contributed by atoms with E-state index in [2.05, 4.69) is 22.5 Å². The van der Waals surface area contributed by atoms with Crippen molar-refractivity contribution < 1.29 is 4.74 Å². The Kier molecular flexibility index (Phi) is 2.06. The van der Waals surface area contributed by atoms with Gasteiger partial charge in [0.05, 0.1) is 7.11 Å². The van der Waals surface area contributed by atoms with Crippen LogP contribution in [0.3, 0.4) is 0 Å². The fourth-order valence-corrected chi connectivity index (χ4v) is 1.12. The molecule has 0 spiro atoms. The van der Waals surface area contributed by atoms with E-state index in [-0.39, 0.29) is 0 Å². The summed E-state index contributed by atoms with van der Waals surface area (Å²) in [5.41, 5.74) is 0.860. The van der Waals surface area contributed by atoms with Crippen LogP contribution in [0.1, 0.15) is 0 Å². The molecule has 0 N–H and O–H groups in total. The maximum absolute atomic E-state index is 5.08. The third-order valence-corrected chi connectivity index (χ3v) is 1.78. The van der Waals surface area contributed by atoms with Crippen LogP contribution in [-0.2, 0) is 0 Å². The Morgan fingerprint density at radius 3 is 2.93 bits per heavy atom. The number of rotatable bonds is 2. The molecule has 0 saturated heterocycles. The molecular weight excluding hydrogens is 180 g/mol. The first-order chi connectivity index (χ1) is 6.79. The van der Waals surface area contributed by atoms with E-state index in [1.807, 2.05) is 24.3 Å². The number of tetrazole rings is 1. The van der Waals surface area contributed by atoms with Gasteiger partial charge in [0.1, 0.15) is 5.75 Å². The first-order valence-electron chi connectivity index (χ1n) is 4.05. The van der Waals surface area contributed by atoms with Gasteiger partial charge in [-0.05, 0) is 12.1 Å². The summed E-state index contributed by atoms with van der Waals surface area (Å²) in [6.07, 6.45) is 0. The zero-order valence-electron chi connectivity index (χ0n) is 7.71. The quantitative estimate of drug-likeness (QED) is 0.661. The Hall–Kier alpha value is -2.04. The Labute approximate surface area is 81.3 Å². The molecule has 2 aromatic rings. The van der Waals surface area contributed by atoms with Crippen molar-refractivity contribution in [3.8, 4) is 17.1 Å². The molecule has 72 valence electrons. The summed E-state index contributed by atoms with van der Waals surface area (Å²) < 4.78 is 5.08. The average molecular weight is 189 g/mol. The molecule has 0 atom stereocenters. The van der Waals surface area contributed by atoms with E-state index in [9.17, 15) is 0 Å². The van der Waals surface area contributed by atoms with E-state index in [4.69, 9.17) is 4.74 Å². The van der Waals surface area contributed by atoms with Crippen molar-refractivity contribution >= 4 is 0 Å². The van der Waals surface area contributed by atoms with Gasteiger partial charge in [0.2, 0.25) is 5.82 Å². The van der Waals surface area contributed by atoms with Gasteiger partial charge in [-0.1, -0.05) is 17.3 Å². The van der Waals surface area contributed by atoms with E-state index in [0.29, 0.717) is 5.82 Å². The Bertz CT molecular complexity index is 438. The molecule has 0 aliphatic carbocycles. The molecule has 0 aliphatic heterocycles. The third kappa shape index (κ3) is 1.52. The third-order valence-electron chi connectivity index (χ3n) is 1.78. The molecule has 0 bridgehead atoms. The molecule has 1 heterocycles. The SMILES string of the molecule is [CH2-]n1nnc(-c2cccc(OC)c2)n1. The van der Waals surface area contributed by atoms with Crippen LogP contribution in [0.4, 0.5) is 0 Å². The number of hydrogen-bond donors (Lipinski definition) is 0. The van der Waals surface area contributed by atoms with Crippen molar-refractivity contribution in [3.05, 3.63) is 31.3 Å². The van der Waals surface area contributed by atoms with Gasteiger partial charge in [-0.25, -0.2) is 0 Å². The molecule has 5 nitrogen and oxygen atoms in total. The van der Waals surface area contributed by atoms with Crippen molar-refractivity contribution in [2.75, 3.05) is 7.11 Å². The first-order valence-corrected chi connectivity index (χ1v) is 4.05. The Balaban J connectivity index is 2.41. The maximum atomic E-state index is 5.08. The number of benzene rings is 1. The predicted molar refractivity (Wildman–Crippen MR) is 50.6 cm³/mol. The molecule has 1 aromatic carbocycles. The van der Waals surface area contributed by atoms with Crippen molar-refractivity contribution in [1.82, 2.24) is 20.2 Å². The van der Waals surface area contributed by atoms with Gasteiger partial charge in [-0.3, -0.25) is 7.05 Å². The summed E-state index contributed by atoms with van der Waals surface area (Å²) in [6, 6.07) is 7.46. The second kappa shape index (κ2) is 3.37. The summed E-state index contributed by atoms with van der Waals surface area (Å²) in [5, 5.41) is 11.5. The molecule has 14 heavy (non-hydrogen) atoms. The maximum Gasteiger partial charge on any atom is 0.202 e. The fourth-order valence-electron chi connectivity index (χ4n) is 1.12. The highest BCUT2D eigenvalue weighted by atomic mass is 16.5. The first kappa shape index (κ1) is 8.55. The highest BCUT2D eigenvalue weighted by Crippen LogP contribution is 2.19. The minimum Gasteiger partial charge on any atom is -0.497 e. The molecule has 0 radical (unpaired) electrons. The monoisotopic (exact) mass is 189 g/mol. The van der Waals surface area contributed by atoms with E-state index in [1.54, 1.807) is 7.11 Å². The van der Waals surface area contributed by atoms with Crippen LogP contribution in [0, 0.1) is 7.05 Å². The second-order valence-electron chi connectivity index (χ2n) is 2.72. The van der Waals surface area contributed by atoms with Crippen LogP contribution in [0.25, 0.3) is 11.4 Å². The van der Waals surface area contributed by atoms with Crippen molar-refractivity contribution in [1.29, 1.82) is 0 Å².